The van der Waals surface area contributed by atoms with Crippen LogP contribution in [0.2, 0.25) is 0 Å². The Bertz CT molecular complexity index is 662. The lowest BCUT2D eigenvalue weighted by Gasteiger charge is -2.13. The quantitative estimate of drug-likeness (QED) is 0.807. The summed E-state index contributed by atoms with van der Waals surface area (Å²) >= 11 is 0. The van der Waals surface area contributed by atoms with Crippen LogP contribution >= 0.6 is 0 Å². The SMILES string of the molecule is COC(=O)c1ccc(-c2ccc(OC)cc2OC)c(C)c1. The van der Waals surface area contributed by atoms with Crippen LogP contribution in [0.4, 0.5) is 0 Å². The molecular formula is C17H18O4. The first-order valence-electron chi connectivity index (χ1n) is 6.52. The van der Waals surface area contributed by atoms with E-state index in [4.69, 9.17) is 14.2 Å². The highest BCUT2D eigenvalue weighted by Gasteiger charge is 2.12. The summed E-state index contributed by atoms with van der Waals surface area (Å²) in [4.78, 5) is 11.6. The molecular weight excluding hydrogens is 268 g/mol. The number of methoxy groups -OCH3 is 3. The van der Waals surface area contributed by atoms with Gasteiger partial charge in [-0.2, -0.15) is 0 Å². The number of carbonyl (C=O) groups excluding carboxylic acids is 1. The summed E-state index contributed by atoms with van der Waals surface area (Å²) in [5.74, 6) is 1.12. The van der Waals surface area contributed by atoms with E-state index in [0.717, 1.165) is 28.2 Å². The highest BCUT2D eigenvalue weighted by Crippen LogP contribution is 2.35. The van der Waals surface area contributed by atoms with Crippen LogP contribution in [-0.4, -0.2) is 27.3 Å². The van der Waals surface area contributed by atoms with E-state index < -0.39 is 0 Å². The Morgan fingerprint density at radius 2 is 1.62 bits per heavy atom. The van der Waals surface area contributed by atoms with E-state index in [9.17, 15) is 4.79 Å². The lowest BCUT2D eigenvalue weighted by Crippen LogP contribution is -2.02. The second-order valence-electron chi connectivity index (χ2n) is 4.59. The van der Waals surface area contributed by atoms with Crippen molar-refractivity contribution < 1.29 is 19.0 Å². The molecule has 0 aliphatic rings. The van der Waals surface area contributed by atoms with E-state index in [-0.39, 0.29) is 5.97 Å². The molecule has 4 nitrogen and oxygen atoms in total. The minimum atomic E-state index is -0.341. The van der Waals surface area contributed by atoms with Crippen molar-refractivity contribution in [2.45, 2.75) is 6.92 Å². The van der Waals surface area contributed by atoms with E-state index >= 15 is 0 Å². The molecule has 2 aromatic carbocycles. The number of rotatable bonds is 4. The van der Waals surface area contributed by atoms with Crippen LogP contribution in [0.25, 0.3) is 11.1 Å². The van der Waals surface area contributed by atoms with E-state index in [1.165, 1.54) is 7.11 Å². The molecule has 0 atom stereocenters. The third kappa shape index (κ3) is 2.99. The van der Waals surface area contributed by atoms with Gasteiger partial charge >= 0.3 is 5.97 Å². The molecule has 0 fully saturated rings. The Morgan fingerprint density at radius 1 is 0.905 bits per heavy atom. The van der Waals surface area contributed by atoms with Gasteiger partial charge in [0.15, 0.2) is 0 Å². The zero-order valence-electron chi connectivity index (χ0n) is 12.6. The lowest BCUT2D eigenvalue weighted by atomic mass is 9.97. The first-order valence-corrected chi connectivity index (χ1v) is 6.52. The zero-order valence-corrected chi connectivity index (χ0v) is 12.6. The van der Waals surface area contributed by atoms with E-state index in [2.05, 4.69) is 0 Å². The summed E-state index contributed by atoms with van der Waals surface area (Å²) in [7, 11) is 4.61. The molecule has 0 saturated heterocycles. The molecule has 0 bridgehead atoms. The van der Waals surface area contributed by atoms with Gasteiger partial charge in [-0.25, -0.2) is 4.79 Å². The molecule has 0 amide bonds. The van der Waals surface area contributed by atoms with Gasteiger partial charge in [0.2, 0.25) is 0 Å². The van der Waals surface area contributed by atoms with Crippen molar-refractivity contribution in [1.82, 2.24) is 0 Å². The van der Waals surface area contributed by atoms with E-state index in [1.807, 2.05) is 37.3 Å². The number of hydrogen-bond acceptors (Lipinski definition) is 4. The van der Waals surface area contributed by atoms with Crippen LogP contribution in [0, 0.1) is 6.92 Å². The number of esters is 1. The van der Waals surface area contributed by atoms with Crippen LogP contribution in [0.3, 0.4) is 0 Å². The molecule has 21 heavy (non-hydrogen) atoms. The van der Waals surface area contributed by atoms with Crippen LogP contribution < -0.4 is 9.47 Å². The van der Waals surface area contributed by atoms with E-state index in [0.29, 0.717) is 5.56 Å². The topological polar surface area (TPSA) is 44.8 Å². The van der Waals surface area contributed by atoms with Gasteiger partial charge in [0, 0.05) is 11.6 Å². The Balaban J connectivity index is 2.49. The van der Waals surface area contributed by atoms with Gasteiger partial charge in [-0.05, 0) is 42.3 Å². The summed E-state index contributed by atoms with van der Waals surface area (Å²) < 4.78 is 15.4. The van der Waals surface area contributed by atoms with E-state index in [1.54, 1.807) is 20.3 Å². The summed E-state index contributed by atoms with van der Waals surface area (Å²) in [5.41, 5.74) is 3.46. The first-order chi connectivity index (χ1) is 10.1. The fraction of sp³-hybridized carbons (Fsp3) is 0.235. The molecule has 0 aliphatic carbocycles. The third-order valence-corrected chi connectivity index (χ3v) is 3.35. The molecule has 0 radical (unpaired) electrons. The number of aryl methyl sites for hydroxylation is 1. The molecule has 0 spiro atoms. The third-order valence-electron chi connectivity index (χ3n) is 3.35. The largest absolute Gasteiger partial charge is 0.497 e. The van der Waals surface area contributed by atoms with Crippen molar-refractivity contribution in [3.63, 3.8) is 0 Å². The molecule has 0 heterocycles. The molecule has 4 heteroatoms. The minimum absolute atomic E-state index is 0.341. The maximum Gasteiger partial charge on any atom is 0.337 e. The van der Waals surface area contributed by atoms with Crippen molar-refractivity contribution in [3.05, 3.63) is 47.5 Å². The van der Waals surface area contributed by atoms with Crippen LogP contribution in [0.5, 0.6) is 11.5 Å². The van der Waals surface area contributed by atoms with Gasteiger partial charge in [-0.1, -0.05) is 6.07 Å². The average Bonchev–Trinajstić information content (AvgIpc) is 2.53. The van der Waals surface area contributed by atoms with Crippen molar-refractivity contribution in [2.24, 2.45) is 0 Å². The first kappa shape index (κ1) is 14.9. The maximum absolute atomic E-state index is 11.6. The zero-order chi connectivity index (χ0) is 15.4. The summed E-state index contributed by atoms with van der Waals surface area (Å²) in [6.45, 7) is 1.95. The number of carbonyl (C=O) groups is 1. The predicted molar refractivity (Wildman–Crippen MR) is 81.1 cm³/mol. The molecule has 0 saturated carbocycles. The Hall–Kier alpha value is -2.49. The molecule has 0 N–H and O–H groups in total. The highest BCUT2D eigenvalue weighted by molar-refractivity contribution is 5.90. The van der Waals surface area contributed by atoms with Crippen LogP contribution in [-0.2, 0) is 4.74 Å². The summed E-state index contributed by atoms with van der Waals surface area (Å²) in [6.07, 6.45) is 0. The smallest absolute Gasteiger partial charge is 0.337 e. The predicted octanol–water partition coefficient (Wildman–Crippen LogP) is 3.47. The average molecular weight is 286 g/mol. The fourth-order valence-corrected chi connectivity index (χ4v) is 2.23. The van der Waals surface area contributed by atoms with Gasteiger partial charge in [0.25, 0.3) is 0 Å². The number of hydrogen-bond donors (Lipinski definition) is 0. The fourth-order valence-electron chi connectivity index (χ4n) is 2.23. The molecule has 0 unspecified atom stereocenters. The van der Waals surface area contributed by atoms with Crippen molar-refractivity contribution in [1.29, 1.82) is 0 Å². The Kier molecular flexibility index (Phi) is 4.48. The molecule has 110 valence electrons. The van der Waals surface area contributed by atoms with Gasteiger partial charge in [-0.3, -0.25) is 0 Å². The highest BCUT2D eigenvalue weighted by atomic mass is 16.5. The van der Waals surface area contributed by atoms with Crippen molar-refractivity contribution in [3.8, 4) is 22.6 Å². The number of benzene rings is 2. The molecule has 0 aromatic heterocycles. The van der Waals surface area contributed by atoms with Crippen molar-refractivity contribution in [2.75, 3.05) is 21.3 Å². The Morgan fingerprint density at radius 3 is 2.19 bits per heavy atom. The number of ether oxygens (including phenoxy) is 3. The monoisotopic (exact) mass is 286 g/mol. The van der Waals surface area contributed by atoms with Gasteiger partial charge in [0.05, 0.1) is 26.9 Å². The second-order valence-corrected chi connectivity index (χ2v) is 4.59. The van der Waals surface area contributed by atoms with Gasteiger partial charge < -0.3 is 14.2 Å². The second kappa shape index (κ2) is 6.31. The van der Waals surface area contributed by atoms with Crippen molar-refractivity contribution >= 4 is 5.97 Å². The minimum Gasteiger partial charge on any atom is -0.497 e. The molecule has 2 rings (SSSR count). The molecule has 2 aromatic rings. The lowest BCUT2D eigenvalue weighted by molar-refractivity contribution is 0.0600. The standard InChI is InChI=1S/C17H18O4/c1-11-9-12(17(18)21-4)5-7-14(11)15-8-6-13(19-2)10-16(15)20-3/h5-10H,1-4H3. The normalized spacial score (nSPS) is 10.1. The Labute approximate surface area is 124 Å². The van der Waals surface area contributed by atoms with Gasteiger partial charge in [0.1, 0.15) is 11.5 Å². The summed E-state index contributed by atoms with van der Waals surface area (Å²) in [5, 5.41) is 0. The van der Waals surface area contributed by atoms with Crippen LogP contribution in [0.1, 0.15) is 15.9 Å². The maximum atomic E-state index is 11.6. The summed E-state index contributed by atoms with van der Waals surface area (Å²) in [6, 6.07) is 11.1. The van der Waals surface area contributed by atoms with Crippen LogP contribution in [0.15, 0.2) is 36.4 Å². The van der Waals surface area contributed by atoms with Gasteiger partial charge in [-0.15, -0.1) is 0 Å². The molecule has 0 aliphatic heterocycles.